The number of urea groups is 1. The van der Waals surface area contributed by atoms with E-state index in [9.17, 15) is 18.0 Å². The molecule has 0 saturated carbocycles. The van der Waals surface area contributed by atoms with E-state index in [-0.39, 0.29) is 18.2 Å². The van der Waals surface area contributed by atoms with E-state index in [0.717, 1.165) is 16.7 Å². The molecule has 0 radical (unpaired) electrons. The Bertz CT molecular complexity index is 479. The lowest BCUT2D eigenvalue weighted by Gasteiger charge is -2.28. The maximum absolute atomic E-state index is 12.4. The van der Waals surface area contributed by atoms with Crippen molar-refractivity contribution < 1.29 is 23.1 Å². The van der Waals surface area contributed by atoms with E-state index in [2.05, 4.69) is 15.6 Å². The van der Waals surface area contributed by atoms with Crippen LogP contribution >= 0.6 is 11.3 Å². The van der Waals surface area contributed by atoms with Gasteiger partial charge in [0, 0.05) is 17.5 Å². The lowest BCUT2D eigenvalue weighted by Crippen LogP contribution is -2.50. The summed E-state index contributed by atoms with van der Waals surface area (Å²) in [5.41, 5.74) is -1.51. The normalized spacial score (nSPS) is 14.6. The van der Waals surface area contributed by atoms with E-state index in [1.54, 1.807) is 6.92 Å². The largest absolute Gasteiger partial charge is 0.434 e. The summed E-state index contributed by atoms with van der Waals surface area (Å²) in [6.07, 6.45) is -3.46. The molecular weight excluding hydrogens is 307 g/mol. The lowest BCUT2D eigenvalue weighted by molar-refractivity contribution is -0.140. The summed E-state index contributed by atoms with van der Waals surface area (Å²) in [6.45, 7) is 3.51. The third-order valence-corrected chi connectivity index (χ3v) is 3.95. The second-order valence-electron chi connectivity index (χ2n) is 4.82. The molecule has 9 heteroatoms. The van der Waals surface area contributed by atoms with Crippen LogP contribution in [0.5, 0.6) is 0 Å². The van der Waals surface area contributed by atoms with Crippen LogP contribution in [0, 0.1) is 0 Å². The maximum Gasteiger partial charge on any atom is 0.434 e. The van der Waals surface area contributed by atoms with Gasteiger partial charge >= 0.3 is 12.2 Å². The van der Waals surface area contributed by atoms with Crippen LogP contribution in [0.1, 0.15) is 37.4 Å². The SMILES string of the molecule is CCC(C)(CCO)NC(=O)NCc1nc(C(F)(F)F)cs1. The molecule has 1 unspecified atom stereocenters. The summed E-state index contributed by atoms with van der Waals surface area (Å²) in [6, 6.07) is -0.503. The second-order valence-corrected chi connectivity index (χ2v) is 5.76. The van der Waals surface area contributed by atoms with E-state index in [1.807, 2.05) is 6.92 Å². The summed E-state index contributed by atoms with van der Waals surface area (Å²) < 4.78 is 37.1. The molecule has 5 nitrogen and oxygen atoms in total. The maximum atomic E-state index is 12.4. The Morgan fingerprint density at radius 1 is 1.48 bits per heavy atom. The van der Waals surface area contributed by atoms with Crippen molar-refractivity contribution in [2.75, 3.05) is 6.61 Å². The average molecular weight is 325 g/mol. The van der Waals surface area contributed by atoms with Crippen molar-refractivity contribution in [3.8, 4) is 0 Å². The summed E-state index contributed by atoms with van der Waals surface area (Å²) in [5, 5.41) is 15.2. The number of aliphatic hydroxyl groups excluding tert-OH is 1. The van der Waals surface area contributed by atoms with Gasteiger partial charge in [-0.05, 0) is 19.8 Å². The van der Waals surface area contributed by atoms with Crippen molar-refractivity contribution in [3.05, 3.63) is 16.1 Å². The molecule has 2 amide bonds. The van der Waals surface area contributed by atoms with Crippen molar-refractivity contribution in [1.82, 2.24) is 15.6 Å². The molecule has 0 bridgehead atoms. The molecule has 120 valence electrons. The minimum atomic E-state index is -4.47. The van der Waals surface area contributed by atoms with Gasteiger partial charge in [-0.15, -0.1) is 11.3 Å². The first-order valence-corrected chi connectivity index (χ1v) is 7.26. The van der Waals surface area contributed by atoms with Crippen molar-refractivity contribution in [2.24, 2.45) is 0 Å². The molecular formula is C12H18F3N3O2S. The van der Waals surface area contributed by atoms with Crippen LogP contribution in [0.25, 0.3) is 0 Å². The molecule has 1 aromatic rings. The highest BCUT2D eigenvalue weighted by atomic mass is 32.1. The Morgan fingerprint density at radius 3 is 2.62 bits per heavy atom. The standard InChI is InChI=1S/C12H18F3N3O2S/c1-3-11(2,4-5-19)18-10(20)16-6-9-17-8(7-21-9)12(13,14)15/h7,19H,3-6H2,1-2H3,(H2,16,18,20). The fourth-order valence-electron chi connectivity index (χ4n) is 1.57. The number of alkyl halides is 3. The molecule has 0 fully saturated rings. The van der Waals surface area contributed by atoms with Crippen LogP contribution in [0.2, 0.25) is 0 Å². The Kier molecular flexibility index (Phi) is 5.97. The second kappa shape index (κ2) is 7.08. The zero-order valence-electron chi connectivity index (χ0n) is 11.8. The molecule has 0 aliphatic rings. The van der Waals surface area contributed by atoms with Crippen molar-refractivity contribution in [3.63, 3.8) is 0 Å². The summed E-state index contributed by atoms with van der Waals surface area (Å²) in [4.78, 5) is 15.1. The van der Waals surface area contributed by atoms with Crippen molar-refractivity contribution >= 4 is 17.4 Å². The number of nitrogens with one attached hydrogen (secondary N) is 2. The van der Waals surface area contributed by atoms with Gasteiger partial charge in [0.25, 0.3) is 0 Å². The van der Waals surface area contributed by atoms with E-state index >= 15 is 0 Å². The minimum absolute atomic E-state index is 0.0634. The highest BCUT2D eigenvalue weighted by Crippen LogP contribution is 2.29. The van der Waals surface area contributed by atoms with Crippen LogP contribution in [0.3, 0.4) is 0 Å². The zero-order valence-corrected chi connectivity index (χ0v) is 12.6. The van der Waals surface area contributed by atoms with Gasteiger partial charge in [0.15, 0.2) is 5.69 Å². The Labute approximate surface area is 124 Å². The number of thiazole rings is 1. The van der Waals surface area contributed by atoms with Gasteiger partial charge in [-0.1, -0.05) is 6.92 Å². The van der Waals surface area contributed by atoms with Gasteiger partial charge in [-0.3, -0.25) is 0 Å². The quantitative estimate of drug-likeness (QED) is 0.752. The van der Waals surface area contributed by atoms with Crippen LogP contribution < -0.4 is 10.6 Å². The third kappa shape index (κ3) is 5.50. The number of carbonyl (C=O) groups excluding carboxylic acids is 1. The molecule has 1 heterocycles. The minimum Gasteiger partial charge on any atom is -0.396 e. The van der Waals surface area contributed by atoms with Crippen molar-refractivity contribution in [2.45, 2.75) is 44.9 Å². The average Bonchev–Trinajstić information content (AvgIpc) is 2.85. The fraction of sp³-hybridized carbons (Fsp3) is 0.667. The topological polar surface area (TPSA) is 74.2 Å². The van der Waals surface area contributed by atoms with E-state index < -0.39 is 23.4 Å². The molecule has 3 N–H and O–H groups in total. The van der Waals surface area contributed by atoms with E-state index in [1.165, 1.54) is 0 Å². The highest BCUT2D eigenvalue weighted by molar-refractivity contribution is 7.09. The number of nitrogens with zero attached hydrogens (tertiary/aromatic N) is 1. The molecule has 0 aromatic carbocycles. The number of hydrogen-bond acceptors (Lipinski definition) is 4. The van der Waals surface area contributed by atoms with Crippen molar-refractivity contribution in [1.29, 1.82) is 0 Å². The molecule has 1 rings (SSSR count). The predicted octanol–water partition coefficient (Wildman–Crippen LogP) is 2.51. The first kappa shape index (κ1) is 17.7. The van der Waals surface area contributed by atoms with Gasteiger partial charge in [-0.25, -0.2) is 9.78 Å². The molecule has 1 aromatic heterocycles. The molecule has 0 saturated heterocycles. The van der Waals surface area contributed by atoms with Crippen LogP contribution in [-0.4, -0.2) is 28.3 Å². The predicted molar refractivity (Wildman–Crippen MR) is 72.9 cm³/mol. The monoisotopic (exact) mass is 325 g/mol. The number of aromatic nitrogens is 1. The number of hydrogen-bond donors (Lipinski definition) is 3. The van der Waals surface area contributed by atoms with Gasteiger partial charge in [0.1, 0.15) is 5.01 Å². The number of amides is 2. The molecule has 0 aliphatic heterocycles. The summed E-state index contributed by atoms with van der Waals surface area (Å²) in [7, 11) is 0. The number of halogens is 3. The van der Waals surface area contributed by atoms with Crippen LogP contribution in [-0.2, 0) is 12.7 Å². The van der Waals surface area contributed by atoms with E-state index in [4.69, 9.17) is 5.11 Å². The van der Waals surface area contributed by atoms with Gasteiger partial charge in [0.05, 0.1) is 6.54 Å². The summed E-state index contributed by atoms with van der Waals surface area (Å²) >= 11 is 0.839. The molecule has 0 aliphatic carbocycles. The fourth-order valence-corrected chi connectivity index (χ4v) is 2.31. The Hall–Kier alpha value is -1.35. The Balaban J connectivity index is 2.51. The smallest absolute Gasteiger partial charge is 0.396 e. The van der Waals surface area contributed by atoms with E-state index in [0.29, 0.717) is 12.8 Å². The third-order valence-electron chi connectivity index (χ3n) is 3.10. The number of aliphatic hydroxyl groups is 1. The first-order valence-electron chi connectivity index (χ1n) is 6.38. The van der Waals surface area contributed by atoms with Gasteiger partial charge in [0.2, 0.25) is 0 Å². The molecule has 1 atom stereocenters. The molecule has 21 heavy (non-hydrogen) atoms. The first-order chi connectivity index (χ1) is 9.70. The molecule has 0 spiro atoms. The van der Waals surface area contributed by atoms with Gasteiger partial charge in [-0.2, -0.15) is 13.2 Å². The van der Waals surface area contributed by atoms with Crippen LogP contribution in [0.15, 0.2) is 5.38 Å². The highest BCUT2D eigenvalue weighted by Gasteiger charge is 2.33. The Morgan fingerprint density at radius 2 is 2.14 bits per heavy atom. The van der Waals surface area contributed by atoms with Crippen LogP contribution in [0.4, 0.5) is 18.0 Å². The summed E-state index contributed by atoms with van der Waals surface area (Å²) in [5.74, 6) is 0. The zero-order chi connectivity index (χ0) is 16.1. The number of rotatable bonds is 6. The number of carbonyl (C=O) groups is 1. The lowest BCUT2D eigenvalue weighted by atomic mass is 9.95. The van der Waals surface area contributed by atoms with Gasteiger partial charge < -0.3 is 15.7 Å².